The first-order valence-corrected chi connectivity index (χ1v) is 5.04. The van der Waals surface area contributed by atoms with Crippen molar-refractivity contribution >= 4 is 5.69 Å². The molecule has 1 aromatic rings. The highest BCUT2D eigenvalue weighted by molar-refractivity contribution is 5.49. The standard InChI is InChI=1S/C12H16N/c1-11-7-5-6-10-13(11)12-8-3-2-4-9-12/h2-4,8-11H,5-7H2,1H3. The number of anilines is 1. The van der Waals surface area contributed by atoms with Crippen LogP contribution in [0.5, 0.6) is 0 Å². The quantitative estimate of drug-likeness (QED) is 0.631. The molecule has 0 aliphatic carbocycles. The molecule has 1 radical (unpaired) electrons. The lowest BCUT2D eigenvalue weighted by molar-refractivity contribution is 0.527. The molecule has 0 spiro atoms. The Kier molecular flexibility index (Phi) is 2.53. The highest BCUT2D eigenvalue weighted by Crippen LogP contribution is 2.26. The van der Waals surface area contributed by atoms with Crippen LogP contribution in [0.25, 0.3) is 0 Å². The Morgan fingerprint density at radius 1 is 1.23 bits per heavy atom. The molecule has 2 rings (SSSR count). The summed E-state index contributed by atoms with van der Waals surface area (Å²) in [5.74, 6) is 0. The molecule has 13 heavy (non-hydrogen) atoms. The van der Waals surface area contributed by atoms with E-state index >= 15 is 0 Å². The summed E-state index contributed by atoms with van der Waals surface area (Å²) in [4.78, 5) is 2.39. The second-order valence-electron chi connectivity index (χ2n) is 3.71. The monoisotopic (exact) mass is 174 g/mol. The molecule has 1 aliphatic heterocycles. The highest BCUT2D eigenvalue weighted by Gasteiger charge is 2.18. The summed E-state index contributed by atoms with van der Waals surface area (Å²) in [6.07, 6.45) is 3.87. The average molecular weight is 174 g/mol. The lowest BCUT2D eigenvalue weighted by Gasteiger charge is -2.34. The van der Waals surface area contributed by atoms with E-state index in [1.807, 2.05) is 0 Å². The van der Waals surface area contributed by atoms with Gasteiger partial charge in [0.05, 0.1) is 0 Å². The predicted octanol–water partition coefficient (Wildman–Crippen LogP) is 3.23. The normalized spacial score (nSPS) is 23.2. The summed E-state index contributed by atoms with van der Waals surface area (Å²) in [5, 5.41) is 0. The van der Waals surface area contributed by atoms with Crippen LogP contribution in [0.1, 0.15) is 26.2 Å². The largest absolute Gasteiger partial charge is 0.364 e. The maximum absolute atomic E-state index is 2.39. The first-order chi connectivity index (χ1) is 6.38. The van der Waals surface area contributed by atoms with Gasteiger partial charge in [0.25, 0.3) is 0 Å². The number of benzene rings is 1. The third kappa shape index (κ3) is 1.85. The van der Waals surface area contributed by atoms with E-state index in [0.717, 1.165) is 0 Å². The van der Waals surface area contributed by atoms with Gasteiger partial charge in [-0.2, -0.15) is 0 Å². The molecule has 69 valence electrons. The van der Waals surface area contributed by atoms with Gasteiger partial charge in [-0.05, 0) is 38.3 Å². The van der Waals surface area contributed by atoms with Crippen LogP contribution in [-0.2, 0) is 0 Å². The molecule has 0 saturated carbocycles. The molecule has 1 heterocycles. The van der Waals surface area contributed by atoms with Crippen molar-refractivity contribution in [2.45, 2.75) is 32.2 Å². The van der Waals surface area contributed by atoms with Gasteiger partial charge in [-0.25, -0.2) is 0 Å². The number of rotatable bonds is 1. The molecule has 1 fully saturated rings. The number of hydrogen-bond acceptors (Lipinski definition) is 1. The second-order valence-corrected chi connectivity index (χ2v) is 3.71. The Morgan fingerprint density at radius 2 is 2.00 bits per heavy atom. The zero-order valence-electron chi connectivity index (χ0n) is 8.11. The Bertz CT molecular complexity index is 255. The summed E-state index contributed by atoms with van der Waals surface area (Å²) in [6.45, 7) is 4.62. The van der Waals surface area contributed by atoms with Gasteiger partial charge in [-0.1, -0.05) is 18.2 Å². The minimum absolute atomic E-state index is 0.663. The molecule has 1 nitrogen and oxygen atoms in total. The summed E-state index contributed by atoms with van der Waals surface area (Å²) < 4.78 is 0. The van der Waals surface area contributed by atoms with Gasteiger partial charge in [0.1, 0.15) is 0 Å². The molecular weight excluding hydrogens is 158 g/mol. The first kappa shape index (κ1) is 8.61. The van der Waals surface area contributed by atoms with Crippen molar-refractivity contribution in [3.05, 3.63) is 36.9 Å². The van der Waals surface area contributed by atoms with E-state index in [9.17, 15) is 0 Å². The molecule has 1 saturated heterocycles. The maximum atomic E-state index is 2.39. The van der Waals surface area contributed by atoms with Crippen molar-refractivity contribution in [3.63, 3.8) is 0 Å². The Morgan fingerprint density at radius 3 is 2.69 bits per heavy atom. The van der Waals surface area contributed by atoms with Gasteiger partial charge in [-0.15, -0.1) is 0 Å². The zero-order chi connectivity index (χ0) is 9.10. The minimum Gasteiger partial charge on any atom is -0.364 e. The SMILES string of the molecule is CC1CCC[CH]N1c1ccccc1. The van der Waals surface area contributed by atoms with Gasteiger partial charge in [-0.3, -0.25) is 0 Å². The van der Waals surface area contributed by atoms with Crippen LogP contribution in [0.4, 0.5) is 5.69 Å². The molecule has 1 heteroatoms. The Balaban J connectivity index is 2.15. The topological polar surface area (TPSA) is 3.24 Å². The van der Waals surface area contributed by atoms with Crippen LogP contribution in [0.2, 0.25) is 0 Å². The highest BCUT2D eigenvalue weighted by atomic mass is 15.2. The van der Waals surface area contributed by atoms with E-state index in [1.165, 1.54) is 24.9 Å². The molecule has 1 unspecified atom stereocenters. The third-order valence-electron chi connectivity index (χ3n) is 2.68. The molecule has 1 atom stereocenters. The maximum Gasteiger partial charge on any atom is 0.0496 e. The molecular formula is C12H16N. The van der Waals surface area contributed by atoms with Crippen LogP contribution >= 0.6 is 0 Å². The lowest BCUT2D eigenvalue weighted by atomic mass is 10.0. The van der Waals surface area contributed by atoms with E-state index < -0.39 is 0 Å². The third-order valence-corrected chi connectivity index (χ3v) is 2.68. The Labute approximate surface area is 80.4 Å². The van der Waals surface area contributed by atoms with Gasteiger partial charge in [0, 0.05) is 18.3 Å². The van der Waals surface area contributed by atoms with Gasteiger partial charge in [0.15, 0.2) is 0 Å². The van der Waals surface area contributed by atoms with Gasteiger partial charge in [0.2, 0.25) is 0 Å². The number of piperidine rings is 1. The van der Waals surface area contributed by atoms with Crippen molar-refractivity contribution in [1.82, 2.24) is 0 Å². The first-order valence-electron chi connectivity index (χ1n) is 5.04. The summed E-state index contributed by atoms with van der Waals surface area (Å²) >= 11 is 0. The zero-order valence-corrected chi connectivity index (χ0v) is 8.11. The van der Waals surface area contributed by atoms with Crippen LogP contribution in [0, 0.1) is 6.54 Å². The van der Waals surface area contributed by atoms with Crippen LogP contribution in [0.15, 0.2) is 30.3 Å². The van der Waals surface area contributed by atoms with E-state index in [0.29, 0.717) is 6.04 Å². The van der Waals surface area contributed by atoms with Crippen molar-refractivity contribution in [2.24, 2.45) is 0 Å². The van der Waals surface area contributed by atoms with Crippen LogP contribution in [0.3, 0.4) is 0 Å². The molecule has 0 aromatic heterocycles. The molecule has 0 N–H and O–H groups in total. The molecule has 0 amide bonds. The second kappa shape index (κ2) is 3.82. The van der Waals surface area contributed by atoms with Crippen LogP contribution < -0.4 is 4.90 Å². The molecule has 1 aliphatic rings. The number of hydrogen-bond donors (Lipinski definition) is 0. The van der Waals surface area contributed by atoms with Gasteiger partial charge < -0.3 is 4.90 Å². The fourth-order valence-electron chi connectivity index (χ4n) is 1.92. The van der Waals surface area contributed by atoms with Crippen molar-refractivity contribution < 1.29 is 0 Å². The number of nitrogens with zero attached hydrogens (tertiary/aromatic N) is 1. The average Bonchev–Trinajstić information content (AvgIpc) is 2.20. The number of para-hydroxylation sites is 1. The predicted molar refractivity (Wildman–Crippen MR) is 56.5 cm³/mol. The smallest absolute Gasteiger partial charge is 0.0496 e. The Hall–Kier alpha value is -0.980. The van der Waals surface area contributed by atoms with E-state index in [-0.39, 0.29) is 0 Å². The van der Waals surface area contributed by atoms with E-state index in [1.54, 1.807) is 0 Å². The minimum atomic E-state index is 0.663. The van der Waals surface area contributed by atoms with Crippen molar-refractivity contribution in [1.29, 1.82) is 0 Å². The lowest BCUT2D eigenvalue weighted by Crippen LogP contribution is -2.33. The molecule has 0 bridgehead atoms. The summed E-state index contributed by atoms with van der Waals surface area (Å²) in [5.41, 5.74) is 1.33. The van der Waals surface area contributed by atoms with E-state index in [4.69, 9.17) is 0 Å². The fraction of sp³-hybridized carbons (Fsp3) is 0.417. The summed E-state index contributed by atoms with van der Waals surface area (Å²) in [7, 11) is 0. The summed E-state index contributed by atoms with van der Waals surface area (Å²) in [6, 6.07) is 11.3. The van der Waals surface area contributed by atoms with Crippen molar-refractivity contribution in [2.75, 3.05) is 4.90 Å². The van der Waals surface area contributed by atoms with Crippen LogP contribution in [-0.4, -0.2) is 6.04 Å². The van der Waals surface area contributed by atoms with Gasteiger partial charge >= 0.3 is 0 Å². The fourth-order valence-corrected chi connectivity index (χ4v) is 1.92. The van der Waals surface area contributed by atoms with E-state index in [2.05, 4.69) is 48.7 Å². The molecule has 1 aromatic carbocycles. The van der Waals surface area contributed by atoms with Crippen molar-refractivity contribution in [3.8, 4) is 0 Å².